The molecule has 2 atom stereocenters. The van der Waals surface area contributed by atoms with Crippen molar-refractivity contribution in [1.29, 1.82) is 0 Å². The second-order valence-electron chi connectivity index (χ2n) is 5.51. The average Bonchev–Trinajstić information content (AvgIpc) is 2.40. The Labute approximate surface area is 118 Å². The van der Waals surface area contributed by atoms with Crippen LogP contribution in [0.25, 0.3) is 0 Å². The van der Waals surface area contributed by atoms with Crippen LogP contribution in [0, 0.1) is 25.7 Å². The number of nitrogens with zero attached hydrogens (tertiary/aromatic N) is 3. The van der Waals surface area contributed by atoms with Gasteiger partial charge in [0.05, 0.1) is 18.6 Å². The molecule has 1 saturated heterocycles. The number of aliphatic carboxylic acids is 1. The van der Waals surface area contributed by atoms with E-state index in [1.54, 1.807) is 7.11 Å². The normalized spacial score (nSPS) is 22.7. The van der Waals surface area contributed by atoms with Crippen LogP contribution in [0.2, 0.25) is 0 Å². The van der Waals surface area contributed by atoms with Crippen molar-refractivity contribution in [2.24, 2.45) is 11.8 Å². The molecular formula is C14H21N3O3. The van der Waals surface area contributed by atoms with Gasteiger partial charge in [-0.15, -0.1) is 0 Å². The van der Waals surface area contributed by atoms with E-state index in [0.717, 1.165) is 17.9 Å². The summed E-state index contributed by atoms with van der Waals surface area (Å²) in [6.45, 7) is 7.09. The predicted octanol–water partition coefficient (Wildman–Crippen LogP) is 1.65. The number of hydrogen-bond acceptors (Lipinski definition) is 5. The first-order chi connectivity index (χ1) is 9.42. The lowest BCUT2D eigenvalue weighted by Crippen LogP contribution is -2.43. The van der Waals surface area contributed by atoms with Crippen molar-refractivity contribution in [2.45, 2.75) is 27.2 Å². The highest BCUT2D eigenvalue weighted by atomic mass is 16.5. The molecule has 6 nitrogen and oxygen atoms in total. The van der Waals surface area contributed by atoms with Gasteiger partial charge in [-0.05, 0) is 26.2 Å². The fourth-order valence-corrected chi connectivity index (χ4v) is 2.80. The minimum atomic E-state index is -0.739. The lowest BCUT2D eigenvalue weighted by Gasteiger charge is -2.36. The van der Waals surface area contributed by atoms with Crippen LogP contribution in [-0.4, -0.2) is 41.2 Å². The summed E-state index contributed by atoms with van der Waals surface area (Å²) in [5, 5.41) is 9.26. The number of anilines is 1. The standard InChI is InChI=1S/C14H21N3O3/c1-8-5-11(14(18)19)7-17(6-8)12-9(2)13(20-4)16-10(3)15-12/h8,11H,5-7H2,1-4H3,(H,18,19). The lowest BCUT2D eigenvalue weighted by molar-refractivity contribution is -0.142. The number of ether oxygens (including phenoxy) is 1. The number of carbonyl (C=O) groups is 1. The largest absolute Gasteiger partial charge is 0.481 e. The zero-order valence-electron chi connectivity index (χ0n) is 12.4. The third-order valence-electron chi connectivity index (χ3n) is 3.69. The fourth-order valence-electron chi connectivity index (χ4n) is 2.80. The van der Waals surface area contributed by atoms with E-state index in [4.69, 9.17) is 4.74 Å². The predicted molar refractivity (Wildman–Crippen MR) is 75.2 cm³/mol. The molecule has 0 aliphatic carbocycles. The number of methoxy groups -OCH3 is 1. The number of carboxylic acids is 1. The third-order valence-corrected chi connectivity index (χ3v) is 3.69. The number of hydrogen-bond donors (Lipinski definition) is 1. The van der Waals surface area contributed by atoms with Gasteiger partial charge in [0, 0.05) is 13.1 Å². The summed E-state index contributed by atoms with van der Waals surface area (Å²) >= 11 is 0. The smallest absolute Gasteiger partial charge is 0.308 e. The van der Waals surface area contributed by atoms with Crippen LogP contribution in [0.15, 0.2) is 0 Å². The van der Waals surface area contributed by atoms with Gasteiger partial charge in [-0.3, -0.25) is 4.79 Å². The highest BCUT2D eigenvalue weighted by Crippen LogP contribution is 2.30. The Balaban J connectivity index is 2.35. The van der Waals surface area contributed by atoms with E-state index in [0.29, 0.717) is 30.6 Å². The first kappa shape index (κ1) is 14.6. The van der Waals surface area contributed by atoms with Crippen molar-refractivity contribution in [3.8, 4) is 5.88 Å². The van der Waals surface area contributed by atoms with Crippen molar-refractivity contribution >= 4 is 11.8 Å². The molecule has 0 aromatic carbocycles. The molecule has 110 valence electrons. The van der Waals surface area contributed by atoms with Crippen molar-refractivity contribution in [3.05, 3.63) is 11.4 Å². The third kappa shape index (κ3) is 2.84. The summed E-state index contributed by atoms with van der Waals surface area (Å²) in [5.41, 5.74) is 0.858. The summed E-state index contributed by atoms with van der Waals surface area (Å²) in [6.07, 6.45) is 0.714. The Hall–Kier alpha value is -1.85. The molecule has 0 radical (unpaired) electrons. The number of carboxylic acid groups (broad SMARTS) is 1. The molecule has 20 heavy (non-hydrogen) atoms. The zero-order valence-corrected chi connectivity index (χ0v) is 12.4. The van der Waals surface area contributed by atoms with Crippen LogP contribution >= 0.6 is 0 Å². The Kier molecular flexibility index (Phi) is 4.11. The maximum atomic E-state index is 11.3. The second-order valence-corrected chi connectivity index (χ2v) is 5.51. The summed E-state index contributed by atoms with van der Waals surface area (Å²) in [7, 11) is 1.58. The summed E-state index contributed by atoms with van der Waals surface area (Å²) < 4.78 is 5.26. The summed E-state index contributed by atoms with van der Waals surface area (Å²) in [5.74, 6) is 1.21. The zero-order chi connectivity index (χ0) is 14.9. The van der Waals surface area contributed by atoms with Gasteiger partial charge in [0.2, 0.25) is 5.88 Å². The van der Waals surface area contributed by atoms with Crippen LogP contribution in [-0.2, 0) is 4.79 Å². The Morgan fingerprint density at radius 3 is 2.65 bits per heavy atom. The number of piperidine rings is 1. The maximum absolute atomic E-state index is 11.3. The van der Waals surface area contributed by atoms with E-state index in [-0.39, 0.29) is 5.92 Å². The van der Waals surface area contributed by atoms with Crippen LogP contribution in [0.4, 0.5) is 5.82 Å². The minimum absolute atomic E-state index is 0.325. The van der Waals surface area contributed by atoms with Crippen molar-refractivity contribution in [2.75, 3.05) is 25.1 Å². The van der Waals surface area contributed by atoms with Gasteiger partial charge < -0.3 is 14.7 Å². The van der Waals surface area contributed by atoms with Crippen LogP contribution in [0.1, 0.15) is 24.7 Å². The Bertz CT molecular complexity index is 519. The summed E-state index contributed by atoms with van der Waals surface area (Å²) in [4.78, 5) is 22.0. The van der Waals surface area contributed by atoms with Gasteiger partial charge >= 0.3 is 5.97 Å². The van der Waals surface area contributed by atoms with E-state index in [2.05, 4.69) is 16.9 Å². The molecule has 1 aromatic rings. The monoisotopic (exact) mass is 279 g/mol. The highest BCUT2D eigenvalue weighted by molar-refractivity contribution is 5.71. The van der Waals surface area contributed by atoms with Crippen LogP contribution < -0.4 is 9.64 Å². The molecule has 1 fully saturated rings. The van der Waals surface area contributed by atoms with Crippen LogP contribution in [0.5, 0.6) is 5.88 Å². The molecule has 0 spiro atoms. The average molecular weight is 279 g/mol. The highest BCUT2D eigenvalue weighted by Gasteiger charge is 2.31. The molecule has 0 saturated carbocycles. The molecule has 0 amide bonds. The van der Waals surface area contributed by atoms with E-state index in [1.165, 1.54) is 0 Å². The van der Waals surface area contributed by atoms with Crippen molar-refractivity contribution in [3.63, 3.8) is 0 Å². The van der Waals surface area contributed by atoms with Gasteiger partial charge in [0.25, 0.3) is 0 Å². The molecule has 6 heteroatoms. The first-order valence-corrected chi connectivity index (χ1v) is 6.79. The van der Waals surface area contributed by atoms with Crippen LogP contribution in [0.3, 0.4) is 0 Å². The van der Waals surface area contributed by atoms with E-state index < -0.39 is 5.97 Å². The minimum Gasteiger partial charge on any atom is -0.481 e. The molecule has 2 rings (SSSR count). The second kappa shape index (κ2) is 5.64. The molecule has 0 bridgehead atoms. The number of aryl methyl sites for hydroxylation is 1. The van der Waals surface area contributed by atoms with Gasteiger partial charge in [0.1, 0.15) is 11.6 Å². The van der Waals surface area contributed by atoms with Crippen molar-refractivity contribution in [1.82, 2.24) is 9.97 Å². The number of rotatable bonds is 3. The van der Waals surface area contributed by atoms with E-state index in [9.17, 15) is 9.90 Å². The van der Waals surface area contributed by atoms with Gasteiger partial charge in [-0.2, -0.15) is 4.98 Å². The topological polar surface area (TPSA) is 75.6 Å². The Morgan fingerprint density at radius 2 is 2.05 bits per heavy atom. The number of aromatic nitrogens is 2. The molecule has 1 aromatic heterocycles. The fraction of sp³-hybridized carbons (Fsp3) is 0.643. The SMILES string of the molecule is COc1nc(C)nc(N2CC(C)CC(C(=O)O)C2)c1C. The lowest BCUT2D eigenvalue weighted by atomic mass is 9.90. The molecule has 2 heterocycles. The van der Waals surface area contributed by atoms with E-state index >= 15 is 0 Å². The Morgan fingerprint density at radius 1 is 1.35 bits per heavy atom. The molecular weight excluding hydrogens is 258 g/mol. The first-order valence-electron chi connectivity index (χ1n) is 6.79. The quantitative estimate of drug-likeness (QED) is 0.906. The molecule has 1 aliphatic heterocycles. The molecule has 1 aliphatic rings. The van der Waals surface area contributed by atoms with Gasteiger partial charge in [-0.1, -0.05) is 6.92 Å². The molecule has 2 unspecified atom stereocenters. The van der Waals surface area contributed by atoms with Gasteiger partial charge in [-0.25, -0.2) is 4.98 Å². The van der Waals surface area contributed by atoms with E-state index in [1.807, 2.05) is 18.7 Å². The van der Waals surface area contributed by atoms with Gasteiger partial charge in [0.15, 0.2) is 0 Å². The maximum Gasteiger partial charge on any atom is 0.308 e. The van der Waals surface area contributed by atoms with Crippen molar-refractivity contribution < 1.29 is 14.6 Å². The molecule has 1 N–H and O–H groups in total. The summed E-state index contributed by atoms with van der Waals surface area (Å²) in [6, 6.07) is 0.